The number of carbonyl (C=O) groups is 4. The summed E-state index contributed by atoms with van der Waals surface area (Å²) in [6, 6.07) is 0. The second kappa shape index (κ2) is 6.30. The number of ketones is 4. The Morgan fingerprint density at radius 1 is 0.500 bits per heavy atom. The standard InChI is InChI=1S/C12H16O4/c13-9-7-5-3-1-2-4-6-8-10(14)12(16)11(9)15/h1-8H2. The van der Waals surface area contributed by atoms with Gasteiger partial charge in [0.15, 0.2) is 0 Å². The molecule has 0 N–H and O–H groups in total. The highest BCUT2D eigenvalue weighted by molar-refractivity contribution is 6.78. The Kier molecular flexibility index (Phi) is 5.02. The molecule has 4 nitrogen and oxygen atoms in total. The maximum absolute atomic E-state index is 11.3. The molecule has 0 unspecified atom stereocenters. The van der Waals surface area contributed by atoms with E-state index in [4.69, 9.17) is 0 Å². The lowest BCUT2D eigenvalue weighted by Gasteiger charge is -2.04. The van der Waals surface area contributed by atoms with E-state index in [0.29, 0.717) is 12.8 Å². The molecule has 1 rings (SSSR count). The van der Waals surface area contributed by atoms with E-state index >= 15 is 0 Å². The zero-order chi connectivity index (χ0) is 12.0. The van der Waals surface area contributed by atoms with Gasteiger partial charge in [-0.25, -0.2) is 0 Å². The van der Waals surface area contributed by atoms with Crippen LogP contribution in [0.25, 0.3) is 0 Å². The van der Waals surface area contributed by atoms with Gasteiger partial charge in [0, 0.05) is 12.8 Å². The zero-order valence-electron chi connectivity index (χ0n) is 9.29. The molecule has 0 amide bonds. The molecule has 0 heterocycles. The summed E-state index contributed by atoms with van der Waals surface area (Å²) in [5.74, 6) is -3.66. The first-order chi connectivity index (χ1) is 7.63. The van der Waals surface area contributed by atoms with Crippen molar-refractivity contribution in [3.63, 3.8) is 0 Å². The SMILES string of the molecule is O=C1CCCCCCCCC(=O)C(=O)C1=O. The molecular formula is C12H16O4. The summed E-state index contributed by atoms with van der Waals surface area (Å²) in [4.78, 5) is 45.0. The van der Waals surface area contributed by atoms with Gasteiger partial charge in [0.25, 0.3) is 11.6 Å². The van der Waals surface area contributed by atoms with E-state index < -0.39 is 23.1 Å². The lowest BCUT2D eigenvalue weighted by molar-refractivity contribution is -0.148. The second-order valence-corrected chi connectivity index (χ2v) is 4.13. The van der Waals surface area contributed by atoms with Crippen LogP contribution in [0.5, 0.6) is 0 Å². The first kappa shape index (κ1) is 12.7. The lowest BCUT2D eigenvalue weighted by atomic mass is 9.98. The summed E-state index contributed by atoms with van der Waals surface area (Å²) in [5, 5.41) is 0. The Balaban J connectivity index is 2.64. The minimum absolute atomic E-state index is 0.0951. The predicted octanol–water partition coefficient (Wildman–Crippen LogP) is 1.40. The zero-order valence-corrected chi connectivity index (χ0v) is 9.29. The van der Waals surface area contributed by atoms with Crippen LogP contribution < -0.4 is 0 Å². The van der Waals surface area contributed by atoms with E-state index in [0.717, 1.165) is 25.7 Å². The van der Waals surface area contributed by atoms with E-state index in [1.165, 1.54) is 0 Å². The van der Waals surface area contributed by atoms with Gasteiger partial charge in [-0.15, -0.1) is 0 Å². The summed E-state index contributed by atoms with van der Waals surface area (Å²) in [6.45, 7) is 0. The molecule has 0 spiro atoms. The van der Waals surface area contributed by atoms with Gasteiger partial charge in [-0.1, -0.05) is 25.7 Å². The quantitative estimate of drug-likeness (QED) is 0.583. The molecule has 0 aliphatic heterocycles. The topological polar surface area (TPSA) is 68.3 Å². The van der Waals surface area contributed by atoms with Crippen molar-refractivity contribution in [3.8, 4) is 0 Å². The van der Waals surface area contributed by atoms with Crippen LogP contribution in [0, 0.1) is 0 Å². The normalized spacial score (nSPS) is 21.5. The van der Waals surface area contributed by atoms with Crippen molar-refractivity contribution in [1.82, 2.24) is 0 Å². The highest BCUT2D eigenvalue weighted by atomic mass is 16.2. The van der Waals surface area contributed by atoms with Gasteiger partial charge in [0.1, 0.15) is 0 Å². The Morgan fingerprint density at radius 3 is 1.19 bits per heavy atom. The van der Waals surface area contributed by atoms with E-state index in [1.54, 1.807) is 0 Å². The van der Waals surface area contributed by atoms with Crippen LogP contribution in [0.15, 0.2) is 0 Å². The summed E-state index contributed by atoms with van der Waals surface area (Å²) in [6.07, 6.45) is 5.29. The number of carbonyl (C=O) groups excluding carboxylic acids is 4. The molecule has 1 fully saturated rings. The minimum atomic E-state index is -1.12. The molecular weight excluding hydrogens is 208 g/mol. The van der Waals surface area contributed by atoms with Crippen molar-refractivity contribution in [1.29, 1.82) is 0 Å². The van der Waals surface area contributed by atoms with Crippen LogP contribution in [0.1, 0.15) is 51.4 Å². The highest BCUT2D eigenvalue weighted by Crippen LogP contribution is 2.11. The maximum atomic E-state index is 11.3. The lowest BCUT2D eigenvalue weighted by Crippen LogP contribution is -2.30. The largest absolute Gasteiger partial charge is 0.290 e. The third kappa shape index (κ3) is 3.68. The Labute approximate surface area is 94.4 Å². The molecule has 0 radical (unpaired) electrons. The van der Waals surface area contributed by atoms with Crippen molar-refractivity contribution in [3.05, 3.63) is 0 Å². The van der Waals surface area contributed by atoms with Crippen molar-refractivity contribution < 1.29 is 19.2 Å². The molecule has 0 aromatic rings. The van der Waals surface area contributed by atoms with Crippen LogP contribution >= 0.6 is 0 Å². The van der Waals surface area contributed by atoms with E-state index in [1.807, 2.05) is 0 Å². The Bertz CT molecular complexity index is 285. The fraction of sp³-hybridized carbons (Fsp3) is 0.667. The smallest absolute Gasteiger partial charge is 0.272 e. The maximum Gasteiger partial charge on any atom is 0.272 e. The van der Waals surface area contributed by atoms with Crippen LogP contribution in [-0.4, -0.2) is 23.1 Å². The molecule has 0 aromatic carbocycles. The van der Waals surface area contributed by atoms with Gasteiger partial charge in [-0.3, -0.25) is 19.2 Å². The number of Topliss-reactive ketones (excluding diaryl/α,β-unsaturated/α-hetero) is 4. The average Bonchev–Trinajstić information content (AvgIpc) is 2.28. The molecule has 1 aliphatic rings. The number of hydrogen-bond donors (Lipinski definition) is 0. The van der Waals surface area contributed by atoms with Crippen molar-refractivity contribution in [2.75, 3.05) is 0 Å². The molecule has 88 valence electrons. The molecule has 0 saturated heterocycles. The van der Waals surface area contributed by atoms with E-state index in [2.05, 4.69) is 0 Å². The van der Waals surface area contributed by atoms with Crippen molar-refractivity contribution in [2.45, 2.75) is 51.4 Å². The van der Waals surface area contributed by atoms with Gasteiger partial charge in [0.2, 0.25) is 11.6 Å². The van der Waals surface area contributed by atoms with Crippen LogP contribution in [0.3, 0.4) is 0 Å². The fourth-order valence-corrected chi connectivity index (χ4v) is 1.76. The highest BCUT2D eigenvalue weighted by Gasteiger charge is 2.27. The fourth-order valence-electron chi connectivity index (χ4n) is 1.76. The monoisotopic (exact) mass is 224 g/mol. The van der Waals surface area contributed by atoms with Crippen molar-refractivity contribution >= 4 is 23.1 Å². The third-order valence-electron chi connectivity index (χ3n) is 2.77. The van der Waals surface area contributed by atoms with Crippen LogP contribution in [-0.2, 0) is 19.2 Å². The molecule has 1 saturated carbocycles. The average molecular weight is 224 g/mol. The van der Waals surface area contributed by atoms with Gasteiger partial charge >= 0.3 is 0 Å². The summed E-state index contributed by atoms with van der Waals surface area (Å²) in [5.41, 5.74) is 0. The molecule has 0 bridgehead atoms. The van der Waals surface area contributed by atoms with E-state index in [-0.39, 0.29) is 12.8 Å². The Morgan fingerprint density at radius 2 is 0.812 bits per heavy atom. The predicted molar refractivity (Wildman–Crippen MR) is 57.0 cm³/mol. The van der Waals surface area contributed by atoms with Gasteiger partial charge in [-0.2, -0.15) is 0 Å². The first-order valence-electron chi connectivity index (χ1n) is 5.77. The summed E-state index contributed by atoms with van der Waals surface area (Å²) >= 11 is 0. The summed E-state index contributed by atoms with van der Waals surface area (Å²) in [7, 11) is 0. The molecule has 0 atom stereocenters. The van der Waals surface area contributed by atoms with Gasteiger partial charge in [0.05, 0.1) is 0 Å². The van der Waals surface area contributed by atoms with E-state index in [9.17, 15) is 19.2 Å². The van der Waals surface area contributed by atoms with Crippen LogP contribution in [0.4, 0.5) is 0 Å². The Hall–Kier alpha value is -1.32. The number of hydrogen-bond acceptors (Lipinski definition) is 4. The molecule has 1 aliphatic carbocycles. The summed E-state index contributed by atoms with van der Waals surface area (Å²) < 4.78 is 0. The number of rotatable bonds is 0. The van der Waals surface area contributed by atoms with Gasteiger partial charge < -0.3 is 0 Å². The molecule has 0 aromatic heterocycles. The minimum Gasteiger partial charge on any atom is -0.290 e. The molecule has 4 heteroatoms. The second-order valence-electron chi connectivity index (χ2n) is 4.13. The first-order valence-corrected chi connectivity index (χ1v) is 5.77. The molecule has 16 heavy (non-hydrogen) atoms. The van der Waals surface area contributed by atoms with Gasteiger partial charge in [-0.05, 0) is 12.8 Å². The van der Waals surface area contributed by atoms with Crippen molar-refractivity contribution in [2.24, 2.45) is 0 Å². The van der Waals surface area contributed by atoms with Crippen LogP contribution in [0.2, 0.25) is 0 Å². The third-order valence-corrected chi connectivity index (χ3v) is 2.77.